The first-order valence-electron chi connectivity index (χ1n) is 8.50. The van der Waals surface area contributed by atoms with Gasteiger partial charge in [-0.05, 0) is 36.8 Å². The van der Waals surface area contributed by atoms with Crippen molar-refractivity contribution in [2.24, 2.45) is 0 Å². The van der Waals surface area contributed by atoms with Crippen LogP contribution in [0.5, 0.6) is 0 Å². The zero-order chi connectivity index (χ0) is 20.5. The molecule has 0 aliphatic carbocycles. The van der Waals surface area contributed by atoms with Gasteiger partial charge in [0.25, 0.3) is 0 Å². The number of amides is 1. The molecular weight excluding hydrogens is 421 g/mol. The van der Waals surface area contributed by atoms with Gasteiger partial charge in [0.15, 0.2) is 9.84 Å². The molecule has 9 heteroatoms. The van der Waals surface area contributed by atoms with Crippen molar-refractivity contribution in [1.29, 1.82) is 0 Å². The fraction of sp³-hybridized carbons (Fsp3) is 0.263. The fourth-order valence-electron chi connectivity index (χ4n) is 3.01. The van der Waals surface area contributed by atoms with Gasteiger partial charge in [0.05, 0.1) is 17.1 Å². The zero-order valence-electron chi connectivity index (χ0n) is 15.3. The number of rotatable bonds is 6. The van der Waals surface area contributed by atoms with Gasteiger partial charge >= 0.3 is 0 Å². The van der Waals surface area contributed by atoms with Crippen LogP contribution < -0.4 is 5.32 Å². The highest BCUT2D eigenvalue weighted by atomic mass is 35.5. The van der Waals surface area contributed by atoms with Crippen molar-refractivity contribution >= 4 is 50.0 Å². The van der Waals surface area contributed by atoms with Gasteiger partial charge in [-0.2, -0.15) is 0 Å². The van der Waals surface area contributed by atoms with Crippen LogP contribution in [0.1, 0.15) is 24.4 Å². The lowest BCUT2D eigenvalue weighted by Gasteiger charge is -2.17. The predicted octanol–water partition coefficient (Wildman–Crippen LogP) is 3.77. The molecule has 0 radical (unpaired) electrons. The van der Waals surface area contributed by atoms with Gasteiger partial charge in [-0.3, -0.25) is 4.79 Å². The van der Waals surface area contributed by atoms with E-state index in [1.54, 1.807) is 34.9 Å². The largest absolute Gasteiger partial charge is 0.348 e. The second-order valence-corrected chi connectivity index (χ2v) is 9.61. The monoisotopic (exact) mass is 439 g/mol. The second-order valence-electron chi connectivity index (χ2n) is 6.63. The molecule has 0 saturated carbocycles. The minimum Gasteiger partial charge on any atom is -0.348 e. The average molecular weight is 440 g/mol. The Morgan fingerprint density at radius 2 is 1.93 bits per heavy atom. The Morgan fingerprint density at radius 1 is 1.21 bits per heavy atom. The van der Waals surface area contributed by atoms with Gasteiger partial charge in [0.2, 0.25) is 5.91 Å². The van der Waals surface area contributed by atoms with Crippen LogP contribution in [0.25, 0.3) is 11.0 Å². The third-order valence-corrected chi connectivity index (χ3v) is 5.58. The molecule has 0 fully saturated rings. The summed E-state index contributed by atoms with van der Waals surface area (Å²) in [5.41, 5.74) is 2.09. The molecule has 1 atom stereocenters. The van der Waals surface area contributed by atoms with Gasteiger partial charge in [-0.15, -0.1) is 0 Å². The lowest BCUT2D eigenvalue weighted by Crippen LogP contribution is -2.31. The Kier molecular flexibility index (Phi) is 5.98. The predicted molar refractivity (Wildman–Crippen MR) is 111 cm³/mol. The SMILES string of the molecule is CC(NC(=O)Cn1c(CS(C)(=O)=O)nc2ccccc21)c1ccc(Cl)cc1Cl. The first kappa shape index (κ1) is 20.6. The molecule has 6 nitrogen and oxygen atoms in total. The van der Waals surface area contributed by atoms with E-state index in [2.05, 4.69) is 10.3 Å². The van der Waals surface area contributed by atoms with Crippen molar-refractivity contribution in [2.45, 2.75) is 25.3 Å². The highest BCUT2D eigenvalue weighted by Gasteiger charge is 2.19. The number of aromatic nitrogens is 2. The number of fused-ring (bicyclic) bond motifs is 1. The molecule has 1 N–H and O–H groups in total. The highest BCUT2D eigenvalue weighted by Crippen LogP contribution is 2.26. The van der Waals surface area contributed by atoms with Gasteiger partial charge in [0, 0.05) is 16.3 Å². The molecular formula is C19H19Cl2N3O3S. The lowest BCUT2D eigenvalue weighted by atomic mass is 10.1. The summed E-state index contributed by atoms with van der Waals surface area (Å²) < 4.78 is 25.2. The highest BCUT2D eigenvalue weighted by molar-refractivity contribution is 7.89. The summed E-state index contributed by atoms with van der Waals surface area (Å²) in [6, 6.07) is 12.0. The number of carbonyl (C=O) groups is 1. The molecule has 0 aliphatic rings. The standard InChI is InChI=1S/C19H19Cl2N3O3S/c1-12(14-8-7-13(20)9-15(14)21)22-19(25)10-24-17-6-4-3-5-16(17)23-18(24)11-28(2,26)27/h3-9,12H,10-11H2,1-2H3,(H,22,25). The summed E-state index contributed by atoms with van der Waals surface area (Å²) in [5.74, 6) is -0.194. The minimum absolute atomic E-state index is 0.0546. The van der Waals surface area contributed by atoms with Crippen molar-refractivity contribution in [3.63, 3.8) is 0 Å². The smallest absolute Gasteiger partial charge is 0.240 e. The maximum atomic E-state index is 12.7. The molecule has 0 saturated heterocycles. The fourth-order valence-corrected chi connectivity index (χ4v) is 4.27. The average Bonchev–Trinajstić information content (AvgIpc) is 2.90. The topological polar surface area (TPSA) is 81.1 Å². The number of imidazole rings is 1. The van der Waals surface area contributed by atoms with E-state index in [9.17, 15) is 13.2 Å². The molecule has 1 heterocycles. The molecule has 28 heavy (non-hydrogen) atoms. The van der Waals surface area contributed by atoms with Crippen molar-refractivity contribution in [3.8, 4) is 0 Å². The van der Waals surface area contributed by atoms with E-state index in [0.717, 1.165) is 11.8 Å². The zero-order valence-corrected chi connectivity index (χ0v) is 17.6. The van der Waals surface area contributed by atoms with E-state index in [0.29, 0.717) is 26.9 Å². The summed E-state index contributed by atoms with van der Waals surface area (Å²) in [4.78, 5) is 17.0. The van der Waals surface area contributed by atoms with E-state index in [4.69, 9.17) is 23.2 Å². The van der Waals surface area contributed by atoms with Gasteiger partial charge in [-0.1, -0.05) is 41.4 Å². The Hall–Kier alpha value is -2.09. The number of hydrogen-bond acceptors (Lipinski definition) is 4. The maximum absolute atomic E-state index is 12.7. The van der Waals surface area contributed by atoms with Gasteiger partial charge in [-0.25, -0.2) is 13.4 Å². The maximum Gasteiger partial charge on any atom is 0.240 e. The molecule has 0 aliphatic heterocycles. The van der Waals surface area contributed by atoms with Crippen LogP contribution in [0, 0.1) is 0 Å². The lowest BCUT2D eigenvalue weighted by molar-refractivity contribution is -0.122. The second kappa shape index (κ2) is 8.11. The van der Waals surface area contributed by atoms with Crippen molar-refractivity contribution in [1.82, 2.24) is 14.9 Å². The van der Waals surface area contributed by atoms with Crippen molar-refractivity contribution in [3.05, 3.63) is 63.9 Å². The van der Waals surface area contributed by atoms with Crippen LogP contribution in [-0.4, -0.2) is 30.1 Å². The number of carbonyl (C=O) groups excluding carboxylic acids is 1. The van der Waals surface area contributed by atoms with Crippen LogP contribution in [-0.2, 0) is 26.9 Å². The number of sulfone groups is 1. The number of halogens is 2. The summed E-state index contributed by atoms with van der Waals surface area (Å²) >= 11 is 12.1. The molecule has 1 unspecified atom stereocenters. The quantitative estimate of drug-likeness (QED) is 0.633. The third-order valence-electron chi connectivity index (χ3n) is 4.23. The number of benzene rings is 2. The molecule has 0 spiro atoms. The number of nitrogens with one attached hydrogen (secondary N) is 1. The number of nitrogens with zero attached hydrogens (tertiary/aromatic N) is 2. The molecule has 3 aromatic rings. The summed E-state index contributed by atoms with van der Waals surface area (Å²) in [6.45, 7) is 1.76. The molecule has 2 aromatic carbocycles. The molecule has 0 bridgehead atoms. The Bertz CT molecular complexity index is 1140. The first-order valence-corrected chi connectivity index (χ1v) is 11.3. The van der Waals surface area contributed by atoms with Gasteiger partial charge in [0.1, 0.15) is 18.1 Å². The molecule has 1 amide bonds. The number of para-hydroxylation sites is 2. The van der Waals surface area contributed by atoms with Crippen LogP contribution in [0.15, 0.2) is 42.5 Å². The van der Waals surface area contributed by atoms with Crippen molar-refractivity contribution in [2.75, 3.05) is 6.26 Å². The van der Waals surface area contributed by atoms with Crippen LogP contribution >= 0.6 is 23.2 Å². The Balaban J connectivity index is 1.85. The summed E-state index contributed by atoms with van der Waals surface area (Å²) in [7, 11) is -3.30. The molecule has 3 rings (SSSR count). The van der Waals surface area contributed by atoms with Crippen LogP contribution in [0.4, 0.5) is 0 Å². The summed E-state index contributed by atoms with van der Waals surface area (Å²) in [5, 5.41) is 3.87. The molecule has 148 valence electrons. The van der Waals surface area contributed by atoms with E-state index in [-0.39, 0.29) is 24.2 Å². The van der Waals surface area contributed by atoms with E-state index >= 15 is 0 Å². The Labute approximate surface area is 173 Å². The van der Waals surface area contributed by atoms with Gasteiger partial charge < -0.3 is 9.88 Å². The normalized spacial score (nSPS) is 12.9. The number of hydrogen-bond donors (Lipinski definition) is 1. The molecule has 1 aromatic heterocycles. The van der Waals surface area contributed by atoms with Crippen molar-refractivity contribution < 1.29 is 13.2 Å². The van der Waals surface area contributed by atoms with Crippen LogP contribution in [0.3, 0.4) is 0 Å². The van der Waals surface area contributed by atoms with E-state index < -0.39 is 9.84 Å². The van der Waals surface area contributed by atoms with E-state index in [1.165, 1.54) is 0 Å². The Morgan fingerprint density at radius 3 is 2.61 bits per heavy atom. The minimum atomic E-state index is -3.30. The summed E-state index contributed by atoms with van der Waals surface area (Å²) in [6.07, 6.45) is 1.14. The first-order chi connectivity index (χ1) is 13.1. The van der Waals surface area contributed by atoms with Crippen LogP contribution in [0.2, 0.25) is 10.0 Å². The van der Waals surface area contributed by atoms with E-state index in [1.807, 2.05) is 19.1 Å². The third kappa shape index (κ3) is 4.84.